The van der Waals surface area contributed by atoms with E-state index in [-0.39, 0.29) is 66.1 Å². The van der Waals surface area contributed by atoms with Gasteiger partial charge in [0.05, 0.1) is 17.3 Å². The number of amides is 4. The van der Waals surface area contributed by atoms with Gasteiger partial charge in [-0.3, -0.25) is 29.3 Å². The van der Waals surface area contributed by atoms with Crippen LogP contribution in [-0.4, -0.2) is 113 Å². The first-order chi connectivity index (χ1) is 30.3. The van der Waals surface area contributed by atoms with Crippen molar-refractivity contribution in [3.63, 3.8) is 0 Å². The molecule has 0 saturated carbocycles. The van der Waals surface area contributed by atoms with Gasteiger partial charge in [-0.1, -0.05) is 11.6 Å². The Balaban J connectivity index is 0.765. The van der Waals surface area contributed by atoms with Gasteiger partial charge in [0.25, 0.3) is 17.4 Å². The molecule has 0 aliphatic carbocycles. The highest BCUT2D eigenvalue weighted by Gasteiger charge is 2.46. The molecule has 5 aliphatic heterocycles. The summed E-state index contributed by atoms with van der Waals surface area (Å²) in [4.78, 5) is 80.2. The molecule has 1 unspecified atom stereocenters. The lowest BCUT2D eigenvalue weighted by Gasteiger charge is -2.55. The van der Waals surface area contributed by atoms with Crippen LogP contribution in [0.25, 0.3) is 10.9 Å². The summed E-state index contributed by atoms with van der Waals surface area (Å²) in [5.41, 5.74) is 2.78. The van der Waals surface area contributed by atoms with Gasteiger partial charge in [0.2, 0.25) is 17.8 Å². The normalized spacial score (nSPS) is 20.3. The van der Waals surface area contributed by atoms with E-state index in [9.17, 15) is 24.0 Å². The van der Waals surface area contributed by atoms with Crippen molar-refractivity contribution in [3.8, 4) is 5.75 Å². The van der Waals surface area contributed by atoms with Gasteiger partial charge in [0, 0.05) is 88.6 Å². The van der Waals surface area contributed by atoms with Crippen LogP contribution in [0.3, 0.4) is 0 Å². The molecule has 4 amide bonds. The lowest BCUT2D eigenvalue weighted by Crippen LogP contribution is -2.61. The number of ether oxygens (including phenoxy) is 1. The van der Waals surface area contributed by atoms with Crippen molar-refractivity contribution in [2.45, 2.75) is 71.0 Å². The summed E-state index contributed by atoms with van der Waals surface area (Å²) < 4.78 is 22.7. The summed E-state index contributed by atoms with van der Waals surface area (Å²) in [7, 11) is 1.51. The number of hydrogen-bond donors (Lipinski definition) is 3. The third-order valence-electron chi connectivity index (χ3n) is 13.4. The molecule has 3 N–H and O–H groups in total. The zero-order chi connectivity index (χ0) is 44.2. The summed E-state index contributed by atoms with van der Waals surface area (Å²) in [6.07, 6.45) is 6.08. The van der Waals surface area contributed by atoms with Crippen molar-refractivity contribution < 1.29 is 28.3 Å². The second kappa shape index (κ2) is 17.1. The molecular formula is C45H52ClFN10O6. The number of benzene rings is 2. The highest BCUT2D eigenvalue weighted by Crippen LogP contribution is 2.43. The number of anilines is 4. The van der Waals surface area contributed by atoms with Crippen LogP contribution in [0.1, 0.15) is 74.3 Å². The van der Waals surface area contributed by atoms with E-state index in [1.807, 2.05) is 38.1 Å². The molecule has 1 atom stereocenters. The Morgan fingerprint density at radius 1 is 1.02 bits per heavy atom. The fourth-order valence-electron chi connectivity index (χ4n) is 10.1. The van der Waals surface area contributed by atoms with Gasteiger partial charge in [-0.05, 0) is 99.2 Å². The van der Waals surface area contributed by atoms with Crippen molar-refractivity contribution in [2.75, 3.05) is 74.6 Å². The first kappa shape index (κ1) is 42.5. The van der Waals surface area contributed by atoms with Crippen LogP contribution < -0.4 is 36.0 Å². The summed E-state index contributed by atoms with van der Waals surface area (Å²) in [5, 5.41) is 9.28. The monoisotopic (exact) mass is 882 g/mol. The number of nitrogens with one attached hydrogen (secondary N) is 3. The molecule has 0 radical (unpaired) electrons. The molecule has 63 heavy (non-hydrogen) atoms. The zero-order valence-corrected chi connectivity index (χ0v) is 36.5. The average Bonchev–Trinajstić information content (AvgIpc) is 3.59. The van der Waals surface area contributed by atoms with Gasteiger partial charge in [0.15, 0.2) is 18.2 Å². The van der Waals surface area contributed by atoms with E-state index in [0.717, 1.165) is 88.1 Å². The maximum absolute atomic E-state index is 15.5. The molecule has 4 saturated heterocycles. The zero-order valence-electron chi connectivity index (χ0n) is 35.7. The molecule has 7 heterocycles. The number of hydrogen-bond acceptors (Lipinski definition) is 12. The number of carbonyl (C=O) groups excluding carboxylic acids is 4. The first-order valence-electron chi connectivity index (χ1n) is 21.8. The Bertz CT molecular complexity index is 2550. The van der Waals surface area contributed by atoms with Crippen LogP contribution in [0, 0.1) is 17.2 Å². The fourth-order valence-corrected chi connectivity index (χ4v) is 10.2. The maximum atomic E-state index is 15.5. The number of fused-ring (bicyclic) bond motifs is 2. The summed E-state index contributed by atoms with van der Waals surface area (Å²) in [5.74, 6) is -0.515. The Labute approximate surface area is 369 Å². The minimum absolute atomic E-state index is 0.0298. The Kier molecular flexibility index (Phi) is 11.5. The lowest BCUT2D eigenvalue weighted by atomic mass is 9.71. The number of piperidine rings is 3. The Hall–Kier alpha value is -5.81. The van der Waals surface area contributed by atoms with E-state index in [4.69, 9.17) is 21.3 Å². The lowest BCUT2D eigenvalue weighted by molar-refractivity contribution is -0.137. The van der Waals surface area contributed by atoms with Crippen LogP contribution >= 0.6 is 11.6 Å². The topological polar surface area (TPSA) is 174 Å². The molecule has 0 bridgehead atoms. The highest BCUT2D eigenvalue weighted by molar-refractivity contribution is 6.33. The molecule has 1 spiro atoms. The van der Waals surface area contributed by atoms with E-state index in [2.05, 4.69) is 35.6 Å². The molecule has 16 nitrogen and oxygen atoms in total. The van der Waals surface area contributed by atoms with Crippen molar-refractivity contribution in [2.24, 2.45) is 11.3 Å². The number of pyridine rings is 1. The smallest absolute Gasteiger partial charge is 0.293 e. The van der Waals surface area contributed by atoms with Gasteiger partial charge in [-0.2, -0.15) is 4.98 Å². The minimum atomic E-state index is -0.775. The van der Waals surface area contributed by atoms with E-state index >= 15 is 4.39 Å². The molecule has 4 fully saturated rings. The van der Waals surface area contributed by atoms with E-state index < -0.39 is 23.7 Å². The molecular weight excluding hydrogens is 831 g/mol. The number of carbonyl (C=O) groups is 4. The maximum Gasteiger partial charge on any atom is 0.293 e. The quantitative estimate of drug-likeness (QED) is 0.179. The summed E-state index contributed by atoms with van der Waals surface area (Å²) in [6.45, 7) is 10.2. The second-order valence-corrected chi connectivity index (χ2v) is 18.4. The first-order valence-corrected chi connectivity index (χ1v) is 22.2. The Morgan fingerprint density at radius 2 is 1.78 bits per heavy atom. The Morgan fingerprint density at radius 3 is 2.49 bits per heavy atom. The standard InChI is InChI=1S/C45H52ClFN10O6/c1-26(2)57-34-5-4-30(16-28(34)18-36(42(57)61)63-23-38(59)48-3)50-40-32(46)20-49-44(52-40)55-12-8-27(9-13-55)21-53-24-45(25-53)10-14-54(15-11-45)31-17-29-22-56(43(62)39(29)33(47)19-31)35-6-7-37(58)51-41(35)60/h4-5,16-20,26-27,35H,6-15,21-25H2,1-3H3,(H,48,59)(H,49,50,52)(H,51,58,60). The largest absolute Gasteiger partial charge is 0.478 e. The molecule has 2 aromatic carbocycles. The SMILES string of the molecule is CNC(=O)COc1cc2cc(Nc3nc(N4CCC(CN5CC6(CCN(c7cc(F)c8c(c7)CN(C7CCC(=O)NC7=O)C8=O)CC6)C5)CC4)ncc3Cl)ccc2n(C(C)C)c1=O. The molecule has 4 aromatic rings. The van der Waals surface area contributed by atoms with Gasteiger partial charge < -0.3 is 39.5 Å². The number of aromatic nitrogens is 3. The minimum Gasteiger partial charge on any atom is -0.478 e. The van der Waals surface area contributed by atoms with Crippen molar-refractivity contribution in [1.82, 2.24) is 35.0 Å². The van der Waals surface area contributed by atoms with Gasteiger partial charge in [-0.15, -0.1) is 0 Å². The van der Waals surface area contributed by atoms with Gasteiger partial charge in [-0.25, -0.2) is 9.37 Å². The average molecular weight is 883 g/mol. The van der Waals surface area contributed by atoms with Crippen molar-refractivity contribution in [1.29, 1.82) is 0 Å². The van der Waals surface area contributed by atoms with Crippen molar-refractivity contribution >= 4 is 69.3 Å². The summed E-state index contributed by atoms with van der Waals surface area (Å²) in [6, 6.07) is 9.73. The van der Waals surface area contributed by atoms with E-state index in [1.165, 1.54) is 18.0 Å². The third-order valence-corrected chi connectivity index (χ3v) is 13.7. The number of rotatable bonds is 11. The molecule has 18 heteroatoms. The van der Waals surface area contributed by atoms with Crippen molar-refractivity contribution in [3.05, 3.63) is 74.9 Å². The molecule has 332 valence electrons. The van der Waals surface area contributed by atoms with Gasteiger partial charge >= 0.3 is 0 Å². The number of halogens is 2. The van der Waals surface area contributed by atoms with Crippen LogP contribution in [0.5, 0.6) is 5.75 Å². The van der Waals surface area contributed by atoms with E-state index in [0.29, 0.717) is 34.0 Å². The summed E-state index contributed by atoms with van der Waals surface area (Å²) >= 11 is 6.61. The van der Waals surface area contributed by atoms with Crippen LogP contribution in [0.2, 0.25) is 5.02 Å². The number of likely N-dealkylation sites (tertiary alicyclic amines) is 1. The molecule has 5 aliphatic rings. The predicted molar refractivity (Wildman–Crippen MR) is 236 cm³/mol. The number of likely N-dealkylation sites (N-methyl/N-ethyl adjacent to an activating group) is 1. The van der Waals surface area contributed by atoms with E-state index in [1.54, 1.807) is 16.8 Å². The second-order valence-electron chi connectivity index (χ2n) is 18.0. The predicted octanol–water partition coefficient (Wildman–Crippen LogP) is 4.61. The van der Waals surface area contributed by atoms with Crippen LogP contribution in [0.15, 0.2) is 47.4 Å². The number of nitrogens with zero attached hydrogens (tertiary/aromatic N) is 7. The molecule has 9 rings (SSSR count). The third kappa shape index (κ3) is 8.40. The fraction of sp³-hybridized carbons (Fsp3) is 0.489. The molecule has 2 aromatic heterocycles. The van der Waals surface area contributed by atoms with Crippen LogP contribution in [0.4, 0.5) is 27.5 Å². The van der Waals surface area contributed by atoms with Crippen LogP contribution in [-0.2, 0) is 20.9 Å². The number of imide groups is 1. The van der Waals surface area contributed by atoms with Gasteiger partial charge in [0.1, 0.15) is 16.9 Å². The highest BCUT2D eigenvalue weighted by atomic mass is 35.5.